The summed E-state index contributed by atoms with van der Waals surface area (Å²) in [5, 5.41) is 31.9. The molecule has 1 saturated carbocycles. The fourth-order valence-electron chi connectivity index (χ4n) is 7.51. The molecule has 0 saturated heterocycles. The molecule has 0 aromatic rings. The third-order valence-corrected chi connectivity index (χ3v) is 13.3. The first-order valence-electron chi connectivity index (χ1n) is 24.6. The Bertz CT molecular complexity index is 1500. The highest BCUT2D eigenvalue weighted by atomic mass is 31.2. The minimum atomic E-state index is -5.60. The summed E-state index contributed by atoms with van der Waals surface area (Å²) in [6.45, 7) is 2.93. The van der Waals surface area contributed by atoms with Gasteiger partial charge in [0.2, 0.25) is 0 Å². The largest absolute Gasteiger partial charge is 0.472 e. The van der Waals surface area contributed by atoms with Crippen molar-refractivity contribution in [3.63, 3.8) is 0 Å². The lowest BCUT2D eigenvalue weighted by molar-refractivity contribution is -0.213. The molecule has 394 valence electrons. The van der Waals surface area contributed by atoms with Crippen LogP contribution in [-0.2, 0) is 50.9 Å². The molecule has 0 heterocycles. The number of esters is 2. The monoisotopic (exact) mass is 1020 g/mol. The Morgan fingerprint density at radius 3 is 1.24 bits per heavy atom. The number of phosphoric acid groups is 3. The van der Waals surface area contributed by atoms with E-state index in [0.29, 0.717) is 12.8 Å². The lowest BCUT2D eigenvalue weighted by Crippen LogP contribution is -2.65. The van der Waals surface area contributed by atoms with Gasteiger partial charge in [0.1, 0.15) is 43.2 Å². The molecule has 67 heavy (non-hydrogen) atoms. The maximum absolute atomic E-state index is 13.1. The molecule has 5 unspecified atom stereocenters. The molecule has 0 radical (unpaired) electrons. The van der Waals surface area contributed by atoms with Crippen LogP contribution in [-0.4, -0.2) is 108 Å². The average molecular weight is 1020 g/mol. The minimum absolute atomic E-state index is 0.0119. The van der Waals surface area contributed by atoms with Crippen molar-refractivity contribution in [2.75, 3.05) is 13.2 Å². The Hall–Kier alpha value is -1.37. The summed E-state index contributed by atoms with van der Waals surface area (Å²) in [5.74, 6) is -1.31. The Labute approximate surface area is 398 Å². The van der Waals surface area contributed by atoms with Crippen LogP contribution in [0.5, 0.6) is 0 Å². The Balaban J connectivity index is 2.73. The Kier molecular flexibility index (Phi) is 35.5. The maximum atomic E-state index is 13.1. The van der Waals surface area contributed by atoms with Crippen LogP contribution in [0.2, 0.25) is 0 Å². The van der Waals surface area contributed by atoms with Gasteiger partial charge in [-0.15, -0.1) is 0 Å². The fourth-order valence-corrected chi connectivity index (χ4v) is 9.61. The van der Waals surface area contributed by atoms with Crippen LogP contribution in [0.15, 0.2) is 24.3 Å². The van der Waals surface area contributed by atoms with Gasteiger partial charge in [0, 0.05) is 12.8 Å². The van der Waals surface area contributed by atoms with Crippen LogP contribution in [0, 0.1) is 0 Å². The lowest BCUT2D eigenvalue weighted by Gasteiger charge is -2.44. The molecule has 0 bridgehead atoms. The molecule has 1 aliphatic rings. The van der Waals surface area contributed by atoms with Gasteiger partial charge in [-0.05, 0) is 64.2 Å². The van der Waals surface area contributed by atoms with Crippen molar-refractivity contribution in [2.45, 2.75) is 236 Å². The summed E-state index contributed by atoms with van der Waals surface area (Å²) < 4.78 is 65.5. The fraction of sp³-hybridized carbons (Fsp3) is 0.867. The van der Waals surface area contributed by atoms with Crippen molar-refractivity contribution in [3.8, 4) is 0 Å². The summed E-state index contributed by atoms with van der Waals surface area (Å²) in [5.41, 5.74) is 0. The number of allylic oxidation sites excluding steroid dienone is 4. The van der Waals surface area contributed by atoms with Gasteiger partial charge < -0.3 is 49.3 Å². The molecule has 1 aliphatic carbocycles. The van der Waals surface area contributed by atoms with Crippen molar-refractivity contribution < 1.29 is 90.6 Å². The highest BCUT2D eigenvalue weighted by molar-refractivity contribution is 7.47. The van der Waals surface area contributed by atoms with E-state index in [4.69, 9.17) is 18.5 Å². The molecular weight excluding hydrogens is 937 g/mol. The van der Waals surface area contributed by atoms with Crippen LogP contribution in [0.3, 0.4) is 0 Å². The molecule has 0 aromatic heterocycles. The zero-order valence-corrected chi connectivity index (χ0v) is 42.7. The van der Waals surface area contributed by atoms with Gasteiger partial charge in [0.15, 0.2) is 6.10 Å². The number of hydrogen-bond donors (Lipinski definition) is 8. The molecule has 0 aromatic carbocycles. The second kappa shape index (κ2) is 37.4. The van der Waals surface area contributed by atoms with E-state index in [9.17, 15) is 63.1 Å². The minimum Gasteiger partial charge on any atom is -0.462 e. The first kappa shape index (κ1) is 63.6. The van der Waals surface area contributed by atoms with Crippen LogP contribution in [0.25, 0.3) is 0 Å². The number of aliphatic hydroxyl groups excluding tert-OH is 3. The second-order valence-electron chi connectivity index (χ2n) is 17.4. The number of rotatable bonds is 42. The maximum Gasteiger partial charge on any atom is 0.472 e. The van der Waals surface area contributed by atoms with E-state index in [-0.39, 0.29) is 12.8 Å². The molecule has 0 amide bonds. The van der Waals surface area contributed by atoms with Gasteiger partial charge in [0.05, 0.1) is 6.61 Å². The lowest BCUT2D eigenvalue weighted by atomic mass is 9.85. The highest BCUT2D eigenvalue weighted by Crippen LogP contribution is 2.51. The zero-order chi connectivity index (χ0) is 50.0. The Morgan fingerprint density at radius 2 is 0.821 bits per heavy atom. The van der Waals surface area contributed by atoms with Gasteiger partial charge in [-0.3, -0.25) is 27.7 Å². The zero-order valence-electron chi connectivity index (χ0n) is 40.0. The van der Waals surface area contributed by atoms with Crippen LogP contribution in [0.4, 0.5) is 0 Å². The normalized spacial score (nSPS) is 21.8. The summed E-state index contributed by atoms with van der Waals surface area (Å²) >= 11 is 0. The SMILES string of the molecule is CCCCCCCC/C=C\CCCCCCCC(=O)OC[C@H](COP(=O)(O)O[C@H]1C(O)C(OP(=O)(O)O)C(OP(=O)(O)O)[C@@H](O)C1O)OC(=O)CCCCCCC/C=C\CCCCCCCC. The third kappa shape index (κ3) is 33.8. The molecular formula is C45H85O19P3. The number of phosphoric ester groups is 3. The van der Waals surface area contributed by atoms with Crippen LogP contribution in [0.1, 0.15) is 194 Å². The molecule has 8 N–H and O–H groups in total. The predicted octanol–water partition coefficient (Wildman–Crippen LogP) is 9.07. The summed E-state index contributed by atoms with van der Waals surface area (Å²) in [4.78, 5) is 73.2. The summed E-state index contributed by atoms with van der Waals surface area (Å²) in [7, 11) is -16.6. The summed E-state index contributed by atoms with van der Waals surface area (Å²) in [6.07, 6.45) is 20.5. The van der Waals surface area contributed by atoms with Crippen LogP contribution >= 0.6 is 23.5 Å². The highest BCUT2D eigenvalue weighted by Gasteiger charge is 2.56. The molecule has 19 nitrogen and oxygen atoms in total. The van der Waals surface area contributed by atoms with Gasteiger partial charge in [-0.2, -0.15) is 0 Å². The molecule has 0 aliphatic heterocycles. The van der Waals surface area contributed by atoms with Gasteiger partial charge in [-0.25, -0.2) is 13.7 Å². The molecule has 1 rings (SSSR count). The van der Waals surface area contributed by atoms with Crippen molar-refractivity contribution >= 4 is 35.4 Å². The first-order valence-corrected chi connectivity index (χ1v) is 29.2. The standard InChI is InChI=1S/C45H85O19P3/c1-3-5-7-9-11-13-15-17-19-21-23-25-27-29-31-33-38(46)59-35-37(61-39(47)34-32-30-28-26-24-22-20-18-16-14-12-10-8-6-4-2)36-60-67(57,58)64-43-40(48)41(49)44(62-65(51,52)53)45(42(43)50)63-66(54,55)56/h17-20,37,40-45,48-50H,3-16,21-36H2,1-2H3,(H,57,58)(H2,51,52,53)(H2,54,55,56)/b19-17-,20-18-/t37-,40?,41+,42?,43-,44?,45?/m1/s1. The van der Waals surface area contributed by atoms with E-state index < -0.39 is 91.3 Å². The predicted molar refractivity (Wildman–Crippen MR) is 252 cm³/mol. The first-order chi connectivity index (χ1) is 31.8. The van der Waals surface area contributed by atoms with E-state index in [2.05, 4.69) is 47.2 Å². The summed E-state index contributed by atoms with van der Waals surface area (Å²) in [6, 6.07) is 0. The van der Waals surface area contributed by atoms with Gasteiger partial charge >= 0.3 is 35.4 Å². The number of hydrogen-bond acceptors (Lipinski definition) is 14. The van der Waals surface area contributed by atoms with Gasteiger partial charge in [-0.1, -0.05) is 141 Å². The number of carbonyl (C=O) groups excluding carboxylic acids is 2. The number of ether oxygens (including phenoxy) is 2. The van der Waals surface area contributed by atoms with Crippen molar-refractivity contribution in [1.82, 2.24) is 0 Å². The topological polar surface area (TPSA) is 303 Å². The van der Waals surface area contributed by atoms with E-state index >= 15 is 0 Å². The molecule has 8 atom stereocenters. The second-order valence-corrected chi connectivity index (χ2v) is 21.2. The van der Waals surface area contributed by atoms with E-state index in [1.807, 2.05) is 0 Å². The van der Waals surface area contributed by atoms with E-state index in [1.54, 1.807) is 0 Å². The quantitative estimate of drug-likeness (QED) is 0.0122. The number of aliphatic hydroxyl groups is 3. The molecule has 1 fully saturated rings. The Morgan fingerprint density at radius 1 is 0.463 bits per heavy atom. The van der Waals surface area contributed by atoms with Crippen molar-refractivity contribution in [3.05, 3.63) is 24.3 Å². The van der Waals surface area contributed by atoms with Gasteiger partial charge in [0.25, 0.3) is 0 Å². The van der Waals surface area contributed by atoms with Crippen LogP contribution < -0.4 is 0 Å². The number of unbranched alkanes of at least 4 members (excludes halogenated alkanes) is 22. The molecule has 0 spiro atoms. The van der Waals surface area contributed by atoms with E-state index in [0.717, 1.165) is 77.0 Å². The van der Waals surface area contributed by atoms with Crippen molar-refractivity contribution in [1.29, 1.82) is 0 Å². The smallest absolute Gasteiger partial charge is 0.462 e. The van der Waals surface area contributed by atoms with Crippen molar-refractivity contribution in [2.24, 2.45) is 0 Å². The number of carbonyl (C=O) groups is 2. The third-order valence-electron chi connectivity index (χ3n) is 11.2. The average Bonchev–Trinajstić information content (AvgIpc) is 3.25. The molecule has 22 heteroatoms. The van der Waals surface area contributed by atoms with E-state index in [1.165, 1.54) is 77.0 Å².